The van der Waals surface area contributed by atoms with Crippen LogP contribution in [0.4, 0.5) is 0 Å². The molecule has 2 N–H and O–H groups in total. The summed E-state index contributed by atoms with van der Waals surface area (Å²) in [5.41, 5.74) is 8.16. The highest BCUT2D eigenvalue weighted by molar-refractivity contribution is 5.94. The van der Waals surface area contributed by atoms with Crippen LogP contribution in [0.25, 0.3) is 0 Å². The van der Waals surface area contributed by atoms with Crippen molar-refractivity contribution in [3.05, 3.63) is 70.8 Å². The molecule has 1 aliphatic heterocycles. The fourth-order valence-corrected chi connectivity index (χ4v) is 3.35. The molecular weight excluding hydrogens is 326 g/mol. The minimum Gasteiger partial charge on any atom is -0.366 e. The summed E-state index contributed by atoms with van der Waals surface area (Å²) in [5.74, 6) is 0.143. The smallest absolute Gasteiger partial charge is 0.253 e. The van der Waals surface area contributed by atoms with E-state index in [4.69, 9.17) is 11.0 Å². The lowest BCUT2D eigenvalue weighted by Crippen LogP contribution is -2.38. The Kier molecular flexibility index (Phi) is 5.33. The first-order valence-corrected chi connectivity index (χ1v) is 8.75. The van der Waals surface area contributed by atoms with Gasteiger partial charge in [-0.15, -0.1) is 0 Å². The molecular formula is C21H21N3O2. The van der Waals surface area contributed by atoms with Gasteiger partial charge < -0.3 is 10.6 Å². The van der Waals surface area contributed by atoms with Crippen molar-refractivity contribution in [1.82, 2.24) is 4.90 Å². The Morgan fingerprint density at radius 3 is 2.12 bits per heavy atom. The van der Waals surface area contributed by atoms with E-state index in [0.29, 0.717) is 22.6 Å². The van der Waals surface area contributed by atoms with E-state index in [1.54, 1.807) is 36.4 Å². The zero-order chi connectivity index (χ0) is 18.5. The molecule has 1 fully saturated rings. The van der Waals surface area contributed by atoms with Crippen molar-refractivity contribution in [1.29, 1.82) is 5.26 Å². The molecule has 2 amide bonds. The number of hydrogen-bond donors (Lipinski definition) is 1. The number of nitrogens with two attached hydrogens (primary N) is 1. The molecule has 0 bridgehead atoms. The van der Waals surface area contributed by atoms with Crippen LogP contribution in [0.2, 0.25) is 0 Å². The van der Waals surface area contributed by atoms with E-state index in [1.165, 1.54) is 5.56 Å². The van der Waals surface area contributed by atoms with E-state index in [9.17, 15) is 9.59 Å². The zero-order valence-electron chi connectivity index (χ0n) is 14.5. The SMILES string of the molecule is N#Cc1ccc(C(=O)N2CCC(Cc3ccc(C(N)=O)cc3)CC2)cc1. The van der Waals surface area contributed by atoms with Crippen molar-refractivity contribution in [3.63, 3.8) is 0 Å². The van der Waals surface area contributed by atoms with E-state index in [-0.39, 0.29) is 5.91 Å². The predicted octanol–water partition coefficient (Wildman–Crippen LogP) is 2.75. The van der Waals surface area contributed by atoms with Gasteiger partial charge in [-0.2, -0.15) is 5.26 Å². The number of primary amides is 1. The standard InChI is InChI=1S/C21H21N3O2/c22-14-17-3-7-19(8-4-17)21(26)24-11-9-16(10-12-24)13-15-1-5-18(6-2-15)20(23)25/h1-8,16H,9-13H2,(H2,23,25). The lowest BCUT2D eigenvalue weighted by molar-refractivity contribution is 0.0690. The lowest BCUT2D eigenvalue weighted by atomic mass is 9.89. The molecule has 0 unspecified atom stereocenters. The van der Waals surface area contributed by atoms with Gasteiger partial charge in [0.25, 0.3) is 5.91 Å². The van der Waals surface area contributed by atoms with Gasteiger partial charge in [0, 0.05) is 24.2 Å². The summed E-state index contributed by atoms with van der Waals surface area (Å²) in [6.45, 7) is 1.48. The highest BCUT2D eigenvalue weighted by Crippen LogP contribution is 2.23. The average Bonchev–Trinajstić information content (AvgIpc) is 2.68. The molecule has 1 aliphatic rings. The highest BCUT2D eigenvalue weighted by atomic mass is 16.2. The van der Waals surface area contributed by atoms with Gasteiger partial charge in [0.2, 0.25) is 5.91 Å². The average molecular weight is 347 g/mol. The Bertz CT molecular complexity index is 827. The number of benzene rings is 2. The molecule has 3 rings (SSSR count). The maximum Gasteiger partial charge on any atom is 0.253 e. The fraction of sp³-hybridized carbons (Fsp3) is 0.286. The molecule has 5 nitrogen and oxygen atoms in total. The second-order valence-electron chi connectivity index (χ2n) is 6.69. The van der Waals surface area contributed by atoms with E-state index >= 15 is 0 Å². The third kappa shape index (κ3) is 4.09. The van der Waals surface area contributed by atoms with Crippen molar-refractivity contribution in [2.75, 3.05) is 13.1 Å². The van der Waals surface area contributed by atoms with Gasteiger partial charge in [-0.3, -0.25) is 9.59 Å². The van der Waals surface area contributed by atoms with Crippen LogP contribution >= 0.6 is 0 Å². The molecule has 2 aromatic rings. The van der Waals surface area contributed by atoms with Gasteiger partial charge >= 0.3 is 0 Å². The molecule has 0 aliphatic carbocycles. The van der Waals surface area contributed by atoms with Gasteiger partial charge in [-0.05, 0) is 67.1 Å². The predicted molar refractivity (Wildman–Crippen MR) is 98.4 cm³/mol. The van der Waals surface area contributed by atoms with Crippen LogP contribution < -0.4 is 5.73 Å². The van der Waals surface area contributed by atoms with E-state index in [0.717, 1.165) is 32.4 Å². The van der Waals surface area contributed by atoms with Crippen molar-refractivity contribution in [2.24, 2.45) is 11.7 Å². The van der Waals surface area contributed by atoms with E-state index in [1.807, 2.05) is 17.0 Å². The molecule has 0 saturated carbocycles. The Balaban J connectivity index is 1.54. The third-order valence-electron chi connectivity index (χ3n) is 4.93. The van der Waals surface area contributed by atoms with E-state index < -0.39 is 5.91 Å². The molecule has 0 radical (unpaired) electrons. The minimum atomic E-state index is -0.411. The number of carbonyl (C=O) groups excluding carboxylic acids is 2. The van der Waals surface area contributed by atoms with Crippen LogP contribution in [0.1, 0.15) is 44.7 Å². The number of nitrogens with zero attached hydrogens (tertiary/aromatic N) is 2. The van der Waals surface area contributed by atoms with Crippen molar-refractivity contribution >= 4 is 11.8 Å². The largest absolute Gasteiger partial charge is 0.366 e. The molecule has 1 saturated heterocycles. The van der Waals surface area contributed by atoms with Gasteiger partial charge in [0.1, 0.15) is 0 Å². The van der Waals surface area contributed by atoms with Crippen LogP contribution in [0, 0.1) is 17.2 Å². The molecule has 1 heterocycles. The van der Waals surface area contributed by atoms with Crippen molar-refractivity contribution in [3.8, 4) is 6.07 Å². The first kappa shape index (κ1) is 17.7. The minimum absolute atomic E-state index is 0.0266. The number of carbonyl (C=O) groups is 2. The van der Waals surface area contributed by atoms with Gasteiger partial charge in [-0.25, -0.2) is 0 Å². The molecule has 0 atom stereocenters. The van der Waals surface area contributed by atoms with Crippen LogP contribution in [-0.2, 0) is 6.42 Å². The molecule has 2 aromatic carbocycles. The summed E-state index contributed by atoms with van der Waals surface area (Å²) in [6.07, 6.45) is 2.86. The lowest BCUT2D eigenvalue weighted by Gasteiger charge is -2.32. The van der Waals surface area contributed by atoms with E-state index in [2.05, 4.69) is 6.07 Å². The quantitative estimate of drug-likeness (QED) is 0.922. The molecule has 26 heavy (non-hydrogen) atoms. The van der Waals surface area contributed by atoms with Crippen LogP contribution in [-0.4, -0.2) is 29.8 Å². The van der Waals surface area contributed by atoms with Crippen LogP contribution in [0.15, 0.2) is 48.5 Å². The fourth-order valence-electron chi connectivity index (χ4n) is 3.35. The number of piperidine rings is 1. The topological polar surface area (TPSA) is 87.2 Å². The molecule has 0 aromatic heterocycles. The Hall–Kier alpha value is -3.13. The zero-order valence-corrected chi connectivity index (χ0v) is 14.5. The van der Waals surface area contributed by atoms with Crippen LogP contribution in [0.3, 0.4) is 0 Å². The van der Waals surface area contributed by atoms with Crippen LogP contribution in [0.5, 0.6) is 0 Å². The maximum atomic E-state index is 12.6. The Labute approximate surface area is 153 Å². The number of rotatable bonds is 4. The first-order valence-electron chi connectivity index (χ1n) is 8.75. The van der Waals surface area contributed by atoms with Gasteiger partial charge in [-0.1, -0.05) is 12.1 Å². The first-order chi connectivity index (χ1) is 12.6. The summed E-state index contributed by atoms with van der Waals surface area (Å²) in [7, 11) is 0. The molecule has 0 spiro atoms. The second-order valence-corrected chi connectivity index (χ2v) is 6.69. The van der Waals surface area contributed by atoms with Gasteiger partial charge in [0.15, 0.2) is 0 Å². The summed E-state index contributed by atoms with van der Waals surface area (Å²) in [6, 6.07) is 16.3. The monoisotopic (exact) mass is 347 g/mol. The third-order valence-corrected chi connectivity index (χ3v) is 4.93. The Morgan fingerprint density at radius 2 is 1.58 bits per heavy atom. The Morgan fingerprint density at radius 1 is 1.00 bits per heavy atom. The summed E-state index contributed by atoms with van der Waals surface area (Å²) >= 11 is 0. The highest BCUT2D eigenvalue weighted by Gasteiger charge is 2.23. The molecule has 132 valence electrons. The van der Waals surface area contributed by atoms with Crippen molar-refractivity contribution < 1.29 is 9.59 Å². The summed E-state index contributed by atoms with van der Waals surface area (Å²) in [4.78, 5) is 25.6. The van der Waals surface area contributed by atoms with Crippen molar-refractivity contribution in [2.45, 2.75) is 19.3 Å². The van der Waals surface area contributed by atoms with Gasteiger partial charge in [0.05, 0.1) is 11.6 Å². The number of likely N-dealkylation sites (tertiary alicyclic amines) is 1. The second kappa shape index (κ2) is 7.83. The molecule has 5 heteroatoms. The number of amides is 2. The summed E-state index contributed by atoms with van der Waals surface area (Å²) < 4.78 is 0. The number of nitriles is 1. The summed E-state index contributed by atoms with van der Waals surface area (Å²) in [5, 5.41) is 8.84. The maximum absolute atomic E-state index is 12.6. The normalized spacial score (nSPS) is 14.7. The number of hydrogen-bond acceptors (Lipinski definition) is 3.